The maximum Gasteiger partial charge on any atom is 0.418 e. The van der Waals surface area contributed by atoms with E-state index in [1.165, 1.54) is 0 Å². The second-order valence-corrected chi connectivity index (χ2v) is 6.99. The fourth-order valence-corrected chi connectivity index (χ4v) is 3.78. The first-order chi connectivity index (χ1) is 14.4. The van der Waals surface area contributed by atoms with Crippen LogP contribution in [0.4, 0.5) is 23.7 Å². The summed E-state index contributed by atoms with van der Waals surface area (Å²) in [6.45, 7) is -0.460. The third-order valence-corrected chi connectivity index (χ3v) is 5.15. The summed E-state index contributed by atoms with van der Waals surface area (Å²) in [4.78, 5) is 12.3. The number of aliphatic hydroxyl groups is 1. The molecule has 154 valence electrons. The zero-order valence-electron chi connectivity index (χ0n) is 15.7. The minimum atomic E-state index is -4.65. The third-order valence-electron chi connectivity index (χ3n) is 5.15. The van der Waals surface area contributed by atoms with Gasteiger partial charge in [-0.05, 0) is 39.9 Å². The highest BCUT2D eigenvalue weighted by atomic mass is 19.4. The Labute approximate surface area is 170 Å². The lowest BCUT2D eigenvalue weighted by molar-refractivity contribution is -0.136. The molecule has 0 aromatic heterocycles. The molecule has 30 heavy (non-hydrogen) atoms. The molecular formula is C23H18F3NO3. The second-order valence-electron chi connectivity index (χ2n) is 6.99. The average Bonchev–Trinajstić information content (AvgIpc) is 3.05. The lowest BCUT2D eigenvalue weighted by Crippen LogP contribution is -2.20. The molecule has 0 saturated heterocycles. The molecule has 1 aliphatic carbocycles. The SMILES string of the molecule is O=C(Nc1cc(CO)ccc1C(F)(F)F)OCC1c2ccccc2-c2ccccc21. The van der Waals surface area contributed by atoms with Crippen LogP contribution < -0.4 is 5.32 Å². The largest absolute Gasteiger partial charge is 0.448 e. The minimum Gasteiger partial charge on any atom is -0.448 e. The molecule has 0 atom stereocenters. The topological polar surface area (TPSA) is 58.6 Å². The highest BCUT2D eigenvalue weighted by Crippen LogP contribution is 2.44. The minimum absolute atomic E-state index is 0.0130. The zero-order valence-corrected chi connectivity index (χ0v) is 15.7. The van der Waals surface area contributed by atoms with Gasteiger partial charge in [-0.1, -0.05) is 54.6 Å². The zero-order chi connectivity index (χ0) is 21.3. The molecule has 4 nitrogen and oxygen atoms in total. The number of anilines is 1. The lowest BCUT2D eigenvalue weighted by Gasteiger charge is -2.17. The monoisotopic (exact) mass is 413 g/mol. The number of hydrogen-bond donors (Lipinski definition) is 2. The van der Waals surface area contributed by atoms with E-state index in [2.05, 4.69) is 5.32 Å². The van der Waals surface area contributed by atoms with E-state index < -0.39 is 30.1 Å². The van der Waals surface area contributed by atoms with Gasteiger partial charge in [0.15, 0.2) is 0 Å². The van der Waals surface area contributed by atoms with Crippen molar-refractivity contribution in [3.63, 3.8) is 0 Å². The Balaban J connectivity index is 1.53. The molecule has 3 aromatic rings. The molecule has 0 saturated carbocycles. The van der Waals surface area contributed by atoms with Gasteiger partial charge >= 0.3 is 12.3 Å². The molecule has 0 aliphatic heterocycles. The van der Waals surface area contributed by atoms with E-state index in [0.29, 0.717) is 0 Å². The van der Waals surface area contributed by atoms with Crippen molar-refractivity contribution in [1.29, 1.82) is 0 Å². The highest BCUT2D eigenvalue weighted by molar-refractivity contribution is 5.86. The average molecular weight is 413 g/mol. The van der Waals surface area contributed by atoms with Crippen LogP contribution in [0.3, 0.4) is 0 Å². The summed E-state index contributed by atoms with van der Waals surface area (Å²) in [5.74, 6) is -0.200. The molecule has 0 unspecified atom stereocenters. The van der Waals surface area contributed by atoms with Crippen molar-refractivity contribution >= 4 is 11.8 Å². The first-order valence-electron chi connectivity index (χ1n) is 9.31. The summed E-state index contributed by atoms with van der Waals surface area (Å²) in [7, 11) is 0. The molecule has 3 aromatic carbocycles. The van der Waals surface area contributed by atoms with Crippen molar-refractivity contribution in [3.05, 3.63) is 89.0 Å². The van der Waals surface area contributed by atoms with Crippen LogP contribution in [-0.2, 0) is 17.5 Å². The summed E-state index contributed by atoms with van der Waals surface area (Å²) in [5.41, 5.74) is 2.90. The Kier molecular flexibility index (Phi) is 5.22. The Bertz CT molecular complexity index is 1050. The van der Waals surface area contributed by atoms with E-state index in [4.69, 9.17) is 4.74 Å². The maximum atomic E-state index is 13.2. The van der Waals surface area contributed by atoms with Gasteiger partial charge in [-0.15, -0.1) is 0 Å². The van der Waals surface area contributed by atoms with Gasteiger partial charge in [-0.25, -0.2) is 4.79 Å². The number of ether oxygens (including phenoxy) is 1. The van der Waals surface area contributed by atoms with Crippen molar-refractivity contribution in [1.82, 2.24) is 0 Å². The molecule has 0 heterocycles. The predicted octanol–water partition coefficient (Wildman–Crippen LogP) is 5.56. The van der Waals surface area contributed by atoms with Crippen molar-refractivity contribution in [2.45, 2.75) is 18.7 Å². The van der Waals surface area contributed by atoms with E-state index in [9.17, 15) is 23.1 Å². The number of hydrogen-bond acceptors (Lipinski definition) is 3. The highest BCUT2D eigenvalue weighted by Gasteiger charge is 2.34. The van der Waals surface area contributed by atoms with Gasteiger partial charge in [-0.2, -0.15) is 13.2 Å². The van der Waals surface area contributed by atoms with Crippen LogP contribution in [0.2, 0.25) is 0 Å². The number of aliphatic hydroxyl groups excluding tert-OH is 1. The van der Waals surface area contributed by atoms with Crippen LogP contribution in [0.5, 0.6) is 0 Å². The van der Waals surface area contributed by atoms with Crippen LogP contribution in [0, 0.1) is 0 Å². The summed E-state index contributed by atoms with van der Waals surface area (Å²) in [6.07, 6.45) is -5.64. The number of fused-ring (bicyclic) bond motifs is 3. The fraction of sp³-hybridized carbons (Fsp3) is 0.174. The van der Waals surface area contributed by atoms with Gasteiger partial charge in [0.2, 0.25) is 0 Å². The summed E-state index contributed by atoms with van der Waals surface area (Å²) in [6, 6.07) is 18.6. The molecule has 7 heteroatoms. The van der Waals surface area contributed by atoms with Gasteiger partial charge in [0.1, 0.15) is 6.61 Å². The Hall–Kier alpha value is -3.32. The first-order valence-corrected chi connectivity index (χ1v) is 9.31. The molecule has 4 rings (SSSR count). The van der Waals surface area contributed by atoms with E-state index in [1.807, 2.05) is 48.5 Å². The first kappa shape index (κ1) is 20.0. The number of carbonyl (C=O) groups excluding carboxylic acids is 1. The smallest absolute Gasteiger partial charge is 0.418 e. The third kappa shape index (κ3) is 3.76. The molecule has 0 fully saturated rings. The summed E-state index contributed by atoms with van der Waals surface area (Å²) >= 11 is 0. The number of alkyl halides is 3. The van der Waals surface area contributed by atoms with Crippen LogP contribution in [0.25, 0.3) is 11.1 Å². The maximum absolute atomic E-state index is 13.2. The molecule has 0 bridgehead atoms. The van der Waals surface area contributed by atoms with Crippen molar-refractivity contribution in [2.75, 3.05) is 11.9 Å². The van der Waals surface area contributed by atoms with Gasteiger partial charge in [0.05, 0.1) is 17.9 Å². The van der Waals surface area contributed by atoms with Gasteiger partial charge < -0.3 is 9.84 Å². The number of amides is 1. The van der Waals surface area contributed by atoms with Crippen LogP contribution in [0.1, 0.15) is 28.2 Å². The van der Waals surface area contributed by atoms with E-state index >= 15 is 0 Å². The predicted molar refractivity (Wildman–Crippen MR) is 106 cm³/mol. The molecule has 2 N–H and O–H groups in total. The number of benzene rings is 3. The quantitative estimate of drug-likeness (QED) is 0.589. The lowest BCUT2D eigenvalue weighted by atomic mass is 9.98. The van der Waals surface area contributed by atoms with Gasteiger partial charge in [0.25, 0.3) is 0 Å². The molecular weight excluding hydrogens is 395 g/mol. The van der Waals surface area contributed by atoms with E-state index in [1.54, 1.807) is 0 Å². The number of carbonyl (C=O) groups is 1. The molecule has 0 radical (unpaired) electrons. The van der Waals surface area contributed by atoms with Crippen molar-refractivity contribution in [3.8, 4) is 11.1 Å². The molecule has 1 amide bonds. The number of rotatable bonds is 4. The van der Waals surface area contributed by atoms with Crippen LogP contribution in [0.15, 0.2) is 66.7 Å². The van der Waals surface area contributed by atoms with Crippen LogP contribution in [-0.4, -0.2) is 17.8 Å². The van der Waals surface area contributed by atoms with E-state index in [-0.39, 0.29) is 18.1 Å². The van der Waals surface area contributed by atoms with E-state index in [0.717, 1.165) is 40.5 Å². The Morgan fingerprint density at radius 1 is 0.967 bits per heavy atom. The van der Waals surface area contributed by atoms with Gasteiger partial charge in [-0.3, -0.25) is 5.32 Å². The summed E-state index contributed by atoms with van der Waals surface area (Å²) < 4.78 is 45.0. The Morgan fingerprint density at radius 2 is 1.57 bits per heavy atom. The summed E-state index contributed by atoms with van der Waals surface area (Å²) in [5, 5.41) is 11.4. The standard InChI is InChI=1S/C23H18F3NO3/c24-23(25,26)20-10-9-14(12-28)11-21(20)27-22(29)30-13-19-17-7-3-1-5-15(17)16-6-2-4-8-18(16)19/h1-11,19,28H,12-13H2,(H,27,29). The molecule has 0 spiro atoms. The number of halogens is 3. The van der Waals surface area contributed by atoms with Crippen molar-refractivity contribution < 1.29 is 27.8 Å². The fourth-order valence-electron chi connectivity index (χ4n) is 3.78. The second kappa shape index (κ2) is 7.84. The Morgan fingerprint density at radius 3 is 2.13 bits per heavy atom. The van der Waals surface area contributed by atoms with Crippen molar-refractivity contribution in [2.24, 2.45) is 0 Å². The molecule has 1 aliphatic rings. The number of nitrogens with one attached hydrogen (secondary N) is 1. The normalized spacial score (nSPS) is 12.9. The van der Waals surface area contributed by atoms with Crippen LogP contribution >= 0.6 is 0 Å². The van der Waals surface area contributed by atoms with Gasteiger partial charge in [0, 0.05) is 5.92 Å².